The van der Waals surface area contributed by atoms with Gasteiger partial charge in [0.2, 0.25) is 17.7 Å². The van der Waals surface area contributed by atoms with E-state index in [2.05, 4.69) is 10.6 Å². The van der Waals surface area contributed by atoms with Crippen LogP contribution in [0.5, 0.6) is 0 Å². The SMILES string of the molecule is NCCCCC(N)C(=O)NC(CO)C(=O)NC(CO)C(=O)NC(CO)C(=O)O. The number of aliphatic hydroxyl groups excluding tert-OH is 3. The monoisotopic (exact) mass is 407 g/mol. The lowest BCUT2D eigenvalue weighted by atomic mass is 10.1. The molecule has 28 heavy (non-hydrogen) atoms. The van der Waals surface area contributed by atoms with Crippen molar-refractivity contribution in [3.8, 4) is 0 Å². The second-order valence-corrected chi connectivity index (χ2v) is 5.96. The van der Waals surface area contributed by atoms with E-state index < -0.39 is 67.7 Å². The summed E-state index contributed by atoms with van der Waals surface area (Å²) in [5, 5.41) is 42.5. The summed E-state index contributed by atoms with van der Waals surface area (Å²) in [6, 6.07) is -5.56. The lowest BCUT2D eigenvalue weighted by molar-refractivity contribution is -0.143. The van der Waals surface area contributed by atoms with Gasteiger partial charge in [0.25, 0.3) is 0 Å². The third kappa shape index (κ3) is 9.05. The van der Waals surface area contributed by atoms with Crippen molar-refractivity contribution in [1.29, 1.82) is 0 Å². The summed E-state index contributed by atoms with van der Waals surface area (Å²) in [4.78, 5) is 46.9. The molecule has 13 nitrogen and oxygen atoms in total. The maximum atomic E-state index is 12.2. The molecular formula is C15H29N5O8. The predicted molar refractivity (Wildman–Crippen MR) is 95.6 cm³/mol. The van der Waals surface area contributed by atoms with Crippen LogP contribution in [0.15, 0.2) is 0 Å². The number of carboxylic acid groups (broad SMARTS) is 1. The first kappa shape index (κ1) is 25.7. The van der Waals surface area contributed by atoms with Gasteiger partial charge in [-0.2, -0.15) is 0 Å². The van der Waals surface area contributed by atoms with Gasteiger partial charge in [0.15, 0.2) is 0 Å². The summed E-state index contributed by atoms with van der Waals surface area (Å²) >= 11 is 0. The van der Waals surface area contributed by atoms with E-state index >= 15 is 0 Å². The van der Waals surface area contributed by atoms with Crippen LogP contribution < -0.4 is 27.4 Å². The fraction of sp³-hybridized carbons (Fsp3) is 0.733. The van der Waals surface area contributed by atoms with Crippen LogP contribution in [0, 0.1) is 0 Å². The lowest BCUT2D eigenvalue weighted by Gasteiger charge is -2.23. The molecule has 0 saturated carbocycles. The molecule has 162 valence electrons. The van der Waals surface area contributed by atoms with Crippen LogP contribution in [0.1, 0.15) is 19.3 Å². The standard InChI is InChI=1S/C15H29N5O8/c16-4-2-1-3-8(17)12(24)18-9(5-21)13(25)19-10(6-22)14(26)20-11(7-23)15(27)28/h8-11,21-23H,1-7,16-17H2,(H,18,24)(H,19,25)(H,20,26)(H,27,28). The van der Waals surface area contributed by atoms with Crippen molar-refractivity contribution in [2.24, 2.45) is 11.5 Å². The summed E-state index contributed by atoms with van der Waals surface area (Å²) in [6.07, 6.45) is 1.59. The number of unbranched alkanes of at least 4 members (excludes halogenated alkanes) is 1. The molecule has 0 aromatic rings. The Bertz CT molecular complexity index is 533. The van der Waals surface area contributed by atoms with Crippen molar-refractivity contribution in [3.05, 3.63) is 0 Å². The molecule has 0 aliphatic heterocycles. The molecule has 0 heterocycles. The quantitative estimate of drug-likeness (QED) is 0.124. The number of aliphatic carboxylic acids is 1. The fourth-order valence-electron chi connectivity index (χ4n) is 2.04. The highest BCUT2D eigenvalue weighted by atomic mass is 16.4. The van der Waals surface area contributed by atoms with Crippen LogP contribution in [0.4, 0.5) is 0 Å². The maximum Gasteiger partial charge on any atom is 0.328 e. The molecule has 3 amide bonds. The molecule has 0 aromatic heterocycles. The van der Waals surface area contributed by atoms with Crippen LogP contribution in [0.3, 0.4) is 0 Å². The van der Waals surface area contributed by atoms with Gasteiger partial charge in [0.1, 0.15) is 18.1 Å². The Morgan fingerprint density at radius 1 is 0.750 bits per heavy atom. The molecule has 0 aromatic carbocycles. The van der Waals surface area contributed by atoms with Crippen molar-refractivity contribution in [2.45, 2.75) is 43.4 Å². The molecule has 0 aliphatic carbocycles. The van der Waals surface area contributed by atoms with Gasteiger partial charge in [-0.1, -0.05) is 6.42 Å². The lowest BCUT2D eigenvalue weighted by Crippen LogP contribution is -2.59. The van der Waals surface area contributed by atoms with E-state index in [1.165, 1.54) is 0 Å². The molecule has 4 unspecified atom stereocenters. The molecule has 0 fully saturated rings. The van der Waals surface area contributed by atoms with E-state index in [4.69, 9.17) is 21.7 Å². The first-order chi connectivity index (χ1) is 13.2. The number of aliphatic hydroxyl groups is 3. The van der Waals surface area contributed by atoms with Gasteiger partial charge in [0, 0.05) is 0 Å². The van der Waals surface area contributed by atoms with Gasteiger partial charge in [-0.15, -0.1) is 0 Å². The maximum absolute atomic E-state index is 12.2. The summed E-state index contributed by atoms with van der Waals surface area (Å²) < 4.78 is 0. The third-order valence-corrected chi connectivity index (χ3v) is 3.73. The Balaban J connectivity index is 4.80. The van der Waals surface area contributed by atoms with E-state index in [0.29, 0.717) is 25.8 Å². The van der Waals surface area contributed by atoms with E-state index in [-0.39, 0.29) is 0 Å². The Kier molecular flexibility index (Phi) is 12.6. The number of hydrogen-bond acceptors (Lipinski definition) is 9. The van der Waals surface area contributed by atoms with Gasteiger partial charge in [0.05, 0.1) is 25.9 Å². The van der Waals surface area contributed by atoms with Crippen LogP contribution in [0.2, 0.25) is 0 Å². The number of carbonyl (C=O) groups is 4. The van der Waals surface area contributed by atoms with Crippen LogP contribution in [-0.2, 0) is 19.2 Å². The fourth-order valence-corrected chi connectivity index (χ4v) is 2.04. The molecule has 11 N–H and O–H groups in total. The van der Waals surface area contributed by atoms with Crippen molar-refractivity contribution in [3.63, 3.8) is 0 Å². The number of amides is 3. The van der Waals surface area contributed by atoms with Crippen molar-refractivity contribution < 1.29 is 39.6 Å². The first-order valence-corrected chi connectivity index (χ1v) is 8.63. The third-order valence-electron chi connectivity index (χ3n) is 3.73. The molecule has 4 atom stereocenters. The second kappa shape index (κ2) is 13.8. The minimum absolute atomic E-state index is 0.322. The summed E-state index contributed by atoms with van der Waals surface area (Å²) in [7, 11) is 0. The van der Waals surface area contributed by atoms with E-state index in [1.807, 2.05) is 5.32 Å². The minimum atomic E-state index is -1.63. The van der Waals surface area contributed by atoms with Gasteiger partial charge in [-0.3, -0.25) is 14.4 Å². The second-order valence-electron chi connectivity index (χ2n) is 5.96. The van der Waals surface area contributed by atoms with E-state index in [0.717, 1.165) is 0 Å². The summed E-state index contributed by atoms with van der Waals surface area (Å²) in [5.74, 6) is -4.26. The van der Waals surface area contributed by atoms with Gasteiger partial charge in [-0.05, 0) is 19.4 Å². The number of nitrogens with two attached hydrogens (primary N) is 2. The summed E-state index contributed by atoms with van der Waals surface area (Å²) in [6.45, 7) is -2.15. The van der Waals surface area contributed by atoms with E-state index in [1.54, 1.807) is 0 Å². The van der Waals surface area contributed by atoms with Gasteiger partial charge < -0.3 is 47.8 Å². The number of carbonyl (C=O) groups excluding carboxylic acids is 3. The highest BCUT2D eigenvalue weighted by molar-refractivity contribution is 5.94. The minimum Gasteiger partial charge on any atom is -0.480 e. The molecule has 0 saturated heterocycles. The molecule has 0 radical (unpaired) electrons. The zero-order chi connectivity index (χ0) is 21.7. The number of hydrogen-bond donors (Lipinski definition) is 9. The molecular weight excluding hydrogens is 378 g/mol. The van der Waals surface area contributed by atoms with Gasteiger partial charge >= 0.3 is 5.97 Å². The molecule has 0 rings (SSSR count). The Morgan fingerprint density at radius 3 is 1.57 bits per heavy atom. The van der Waals surface area contributed by atoms with Crippen LogP contribution in [-0.4, -0.2) is 94.6 Å². The Hall–Kier alpha value is -2.32. The zero-order valence-electron chi connectivity index (χ0n) is 15.3. The number of carboxylic acids is 1. The molecule has 13 heteroatoms. The average Bonchev–Trinajstić information content (AvgIpc) is 2.67. The van der Waals surface area contributed by atoms with Crippen LogP contribution in [0.25, 0.3) is 0 Å². The van der Waals surface area contributed by atoms with Crippen molar-refractivity contribution in [2.75, 3.05) is 26.4 Å². The van der Waals surface area contributed by atoms with Crippen LogP contribution >= 0.6 is 0 Å². The molecule has 0 spiro atoms. The number of rotatable bonds is 14. The smallest absolute Gasteiger partial charge is 0.328 e. The average molecular weight is 407 g/mol. The topological polar surface area (TPSA) is 237 Å². The molecule has 0 bridgehead atoms. The summed E-state index contributed by atoms with van der Waals surface area (Å²) in [5.41, 5.74) is 11.0. The molecule has 0 aliphatic rings. The zero-order valence-corrected chi connectivity index (χ0v) is 15.3. The van der Waals surface area contributed by atoms with Crippen molar-refractivity contribution >= 4 is 23.7 Å². The van der Waals surface area contributed by atoms with Crippen molar-refractivity contribution in [1.82, 2.24) is 16.0 Å². The highest BCUT2D eigenvalue weighted by Crippen LogP contribution is 1.99. The predicted octanol–water partition coefficient (Wildman–Crippen LogP) is -5.04. The largest absolute Gasteiger partial charge is 0.480 e. The first-order valence-electron chi connectivity index (χ1n) is 8.63. The highest BCUT2D eigenvalue weighted by Gasteiger charge is 2.29. The normalized spacial score (nSPS) is 15.0. The Labute approximate surface area is 161 Å². The Morgan fingerprint density at radius 2 is 1.18 bits per heavy atom. The number of nitrogens with one attached hydrogen (secondary N) is 3. The van der Waals surface area contributed by atoms with E-state index in [9.17, 15) is 29.4 Å². The van der Waals surface area contributed by atoms with Gasteiger partial charge in [-0.25, -0.2) is 4.79 Å².